The summed E-state index contributed by atoms with van der Waals surface area (Å²) in [4.78, 5) is 4.29. The van der Waals surface area contributed by atoms with Crippen molar-refractivity contribution in [3.63, 3.8) is 0 Å². The van der Waals surface area contributed by atoms with Crippen molar-refractivity contribution in [3.8, 4) is 0 Å². The van der Waals surface area contributed by atoms with Gasteiger partial charge in [0, 0.05) is 19.2 Å². The molecular formula is C13H19N3O2S. The number of imidazole rings is 1. The van der Waals surface area contributed by atoms with E-state index in [1.807, 2.05) is 29.7 Å². The average Bonchev–Trinajstić information content (AvgIpc) is 2.77. The molecule has 6 heteroatoms. The predicted molar refractivity (Wildman–Crippen MR) is 74.8 cm³/mol. The van der Waals surface area contributed by atoms with Gasteiger partial charge in [0.25, 0.3) is 10.0 Å². The Labute approximate surface area is 113 Å². The molecule has 104 valence electrons. The minimum Gasteiger partial charge on any atom is -0.302 e. The molecule has 1 N–H and O–H groups in total. The normalized spacial score (nSPS) is 12.2. The fourth-order valence-electron chi connectivity index (χ4n) is 2.08. The van der Waals surface area contributed by atoms with Gasteiger partial charge in [0.05, 0.1) is 5.52 Å². The van der Waals surface area contributed by atoms with E-state index in [0.29, 0.717) is 18.5 Å². The average molecular weight is 281 g/mol. The van der Waals surface area contributed by atoms with E-state index < -0.39 is 10.0 Å². The molecule has 0 amide bonds. The summed E-state index contributed by atoms with van der Waals surface area (Å²) in [6, 6.07) is 3.77. The largest absolute Gasteiger partial charge is 0.302 e. The highest BCUT2D eigenvalue weighted by Crippen LogP contribution is 2.19. The van der Waals surface area contributed by atoms with E-state index in [1.165, 1.54) is 0 Å². The third-order valence-corrected chi connectivity index (χ3v) is 4.53. The molecule has 0 saturated heterocycles. The van der Waals surface area contributed by atoms with E-state index in [1.54, 1.807) is 6.92 Å². The summed E-state index contributed by atoms with van der Waals surface area (Å²) in [6.07, 6.45) is 3.56. The number of fused-ring (bicyclic) bond motifs is 1. The van der Waals surface area contributed by atoms with Crippen LogP contribution in [0.3, 0.4) is 0 Å². The van der Waals surface area contributed by atoms with E-state index in [9.17, 15) is 8.42 Å². The van der Waals surface area contributed by atoms with Crippen LogP contribution in [0.1, 0.15) is 32.2 Å². The van der Waals surface area contributed by atoms with Crippen LogP contribution in [0.25, 0.3) is 5.52 Å². The molecule has 0 aliphatic heterocycles. The molecule has 0 bridgehead atoms. The van der Waals surface area contributed by atoms with Crippen LogP contribution in [-0.2, 0) is 22.9 Å². The van der Waals surface area contributed by atoms with Gasteiger partial charge in [0.1, 0.15) is 5.82 Å². The smallest absolute Gasteiger partial charge is 0.260 e. The fourth-order valence-corrected chi connectivity index (χ4v) is 3.26. The first-order valence-electron chi connectivity index (χ1n) is 6.53. The Morgan fingerprint density at radius 1 is 1.21 bits per heavy atom. The Morgan fingerprint density at radius 3 is 2.53 bits per heavy atom. The highest BCUT2D eigenvalue weighted by Gasteiger charge is 2.21. The molecule has 0 aliphatic carbocycles. The number of hydrogen-bond acceptors (Lipinski definition) is 3. The van der Waals surface area contributed by atoms with Crippen LogP contribution >= 0.6 is 0 Å². The topological polar surface area (TPSA) is 63.5 Å². The van der Waals surface area contributed by atoms with Gasteiger partial charge in [-0.25, -0.2) is 18.1 Å². The van der Waals surface area contributed by atoms with Crippen LogP contribution in [0, 0.1) is 0 Å². The molecule has 0 aliphatic rings. The van der Waals surface area contributed by atoms with Crippen molar-refractivity contribution in [2.45, 2.75) is 38.6 Å². The molecule has 2 heterocycles. The lowest BCUT2D eigenvalue weighted by atomic mass is 10.2. The van der Waals surface area contributed by atoms with Gasteiger partial charge in [-0.3, -0.25) is 0 Å². The lowest BCUT2D eigenvalue weighted by molar-refractivity contribution is 0.581. The van der Waals surface area contributed by atoms with E-state index in [0.717, 1.165) is 17.8 Å². The van der Waals surface area contributed by atoms with E-state index in [-0.39, 0.29) is 5.03 Å². The third-order valence-electron chi connectivity index (χ3n) is 3.05. The number of nitrogens with one attached hydrogen (secondary N) is 1. The molecule has 0 atom stereocenters. The second kappa shape index (κ2) is 5.30. The Kier molecular flexibility index (Phi) is 3.91. The number of aryl methyl sites for hydroxylation is 2. The van der Waals surface area contributed by atoms with Crippen molar-refractivity contribution in [1.29, 1.82) is 0 Å². The first kappa shape index (κ1) is 14.0. The standard InChI is InChI=1S/C13H19N3O2S/c1-4-10-7-8-11-13(19(17,18)14-6-3)15-12(5-2)16(11)9-10/h7-9,14H,4-6H2,1-3H3. The number of nitrogens with zero attached hydrogens (tertiary/aromatic N) is 2. The third kappa shape index (κ3) is 2.50. The molecule has 0 fully saturated rings. The first-order chi connectivity index (χ1) is 9.03. The highest BCUT2D eigenvalue weighted by atomic mass is 32.2. The molecule has 0 aromatic carbocycles. The number of sulfonamides is 1. The summed E-state index contributed by atoms with van der Waals surface area (Å²) < 4.78 is 28.7. The second-order valence-electron chi connectivity index (χ2n) is 4.33. The summed E-state index contributed by atoms with van der Waals surface area (Å²) in [5.41, 5.74) is 1.79. The van der Waals surface area contributed by atoms with Crippen molar-refractivity contribution in [3.05, 3.63) is 29.7 Å². The molecule has 5 nitrogen and oxygen atoms in total. The SMILES string of the molecule is CCNS(=O)(=O)c1nc(CC)n2cc(CC)ccc12. The van der Waals surface area contributed by atoms with Crippen LogP contribution in [-0.4, -0.2) is 24.3 Å². The maximum absolute atomic E-state index is 12.1. The molecule has 2 aromatic heterocycles. The summed E-state index contributed by atoms with van der Waals surface area (Å²) in [5.74, 6) is 0.766. The molecule has 0 spiro atoms. The maximum Gasteiger partial charge on any atom is 0.260 e. The van der Waals surface area contributed by atoms with Crippen LogP contribution in [0.2, 0.25) is 0 Å². The zero-order valence-corrected chi connectivity index (χ0v) is 12.3. The van der Waals surface area contributed by atoms with Gasteiger partial charge in [-0.15, -0.1) is 0 Å². The monoisotopic (exact) mass is 281 g/mol. The fraction of sp³-hybridized carbons (Fsp3) is 0.462. The Hall–Kier alpha value is -1.40. The molecule has 19 heavy (non-hydrogen) atoms. The van der Waals surface area contributed by atoms with Gasteiger partial charge in [-0.2, -0.15) is 0 Å². The molecular weight excluding hydrogens is 262 g/mol. The molecule has 2 aromatic rings. The zero-order chi connectivity index (χ0) is 14.0. The van der Waals surface area contributed by atoms with Gasteiger partial charge in [-0.1, -0.05) is 26.8 Å². The highest BCUT2D eigenvalue weighted by molar-refractivity contribution is 7.89. The van der Waals surface area contributed by atoms with Crippen molar-refractivity contribution in [2.24, 2.45) is 0 Å². The summed E-state index contributed by atoms with van der Waals surface area (Å²) in [5, 5.41) is 0.119. The van der Waals surface area contributed by atoms with Crippen LogP contribution in [0.15, 0.2) is 23.4 Å². The quantitative estimate of drug-likeness (QED) is 0.908. The van der Waals surface area contributed by atoms with Crippen LogP contribution in [0.5, 0.6) is 0 Å². The zero-order valence-electron chi connectivity index (χ0n) is 11.5. The molecule has 0 unspecified atom stereocenters. The van der Waals surface area contributed by atoms with Crippen molar-refractivity contribution < 1.29 is 8.42 Å². The van der Waals surface area contributed by atoms with Gasteiger partial charge < -0.3 is 4.40 Å². The number of hydrogen-bond donors (Lipinski definition) is 1. The lowest BCUT2D eigenvalue weighted by Crippen LogP contribution is -2.23. The minimum atomic E-state index is -3.53. The predicted octanol–water partition coefficient (Wildman–Crippen LogP) is 1.76. The number of aromatic nitrogens is 2. The summed E-state index contributed by atoms with van der Waals surface area (Å²) in [7, 11) is -3.53. The molecule has 0 saturated carbocycles. The number of rotatable bonds is 5. The summed E-state index contributed by atoms with van der Waals surface area (Å²) in [6.45, 7) is 6.15. The molecule has 0 radical (unpaired) electrons. The van der Waals surface area contributed by atoms with Gasteiger partial charge in [0.2, 0.25) is 0 Å². The minimum absolute atomic E-state index is 0.119. The number of pyridine rings is 1. The molecule has 2 rings (SSSR count). The van der Waals surface area contributed by atoms with Crippen molar-refractivity contribution >= 4 is 15.5 Å². The van der Waals surface area contributed by atoms with E-state index >= 15 is 0 Å². The van der Waals surface area contributed by atoms with Gasteiger partial charge >= 0.3 is 0 Å². The second-order valence-corrected chi connectivity index (χ2v) is 6.02. The first-order valence-corrected chi connectivity index (χ1v) is 8.01. The Balaban J connectivity index is 2.70. The Bertz CT molecular complexity index is 689. The Morgan fingerprint density at radius 2 is 1.95 bits per heavy atom. The maximum atomic E-state index is 12.1. The van der Waals surface area contributed by atoms with E-state index in [2.05, 4.69) is 16.6 Å². The lowest BCUT2D eigenvalue weighted by Gasteiger charge is -2.03. The van der Waals surface area contributed by atoms with Gasteiger partial charge in [0.15, 0.2) is 5.03 Å². The van der Waals surface area contributed by atoms with Gasteiger partial charge in [-0.05, 0) is 18.1 Å². The summed E-state index contributed by atoms with van der Waals surface area (Å²) >= 11 is 0. The van der Waals surface area contributed by atoms with Crippen LogP contribution < -0.4 is 4.72 Å². The van der Waals surface area contributed by atoms with Crippen molar-refractivity contribution in [2.75, 3.05) is 6.54 Å². The van der Waals surface area contributed by atoms with Crippen molar-refractivity contribution in [1.82, 2.24) is 14.1 Å². The van der Waals surface area contributed by atoms with E-state index in [4.69, 9.17) is 0 Å². The van der Waals surface area contributed by atoms with Crippen LogP contribution in [0.4, 0.5) is 0 Å².